The second kappa shape index (κ2) is 11.8. The van der Waals surface area contributed by atoms with Crippen molar-refractivity contribution in [3.05, 3.63) is 83.3 Å². The highest BCUT2D eigenvalue weighted by atomic mass is 19.4. The van der Waals surface area contributed by atoms with Crippen LogP contribution in [0.4, 0.5) is 23.2 Å². The number of rotatable bonds is 10. The number of carbonyl (C=O) groups excluding carboxylic acids is 2. The van der Waals surface area contributed by atoms with Crippen LogP contribution in [0, 0.1) is 12.7 Å². The van der Waals surface area contributed by atoms with Crippen molar-refractivity contribution < 1.29 is 37.4 Å². The molecule has 1 aromatic heterocycles. The number of nitrogens with zero attached hydrogens (tertiary/aromatic N) is 3. The molecule has 4 rings (SSSR count). The van der Waals surface area contributed by atoms with Crippen LogP contribution in [0.15, 0.2) is 60.8 Å². The zero-order valence-electron chi connectivity index (χ0n) is 24.5. The molecule has 13 heteroatoms. The van der Waals surface area contributed by atoms with Gasteiger partial charge in [0, 0.05) is 29.2 Å². The van der Waals surface area contributed by atoms with Crippen molar-refractivity contribution in [3.8, 4) is 11.4 Å². The summed E-state index contributed by atoms with van der Waals surface area (Å²) in [6.45, 7) is 3.30. The standard InChI is InChI=1S/C31H33F4N5O4/c1-18-10-24(37-17-30(44,31(33,34)35)16-29(2,3)23-13-20(32)8-9-26(23)41)22-14-38-40(25(22)11-18)21-7-5-6-19(12-21)28(43)39(4)15-27(36)42/h5-14,37,41,44H,15-17H2,1-4H3,(H2,36,42). The summed E-state index contributed by atoms with van der Waals surface area (Å²) in [4.78, 5) is 25.2. The molecule has 4 aromatic rings. The number of aliphatic hydroxyl groups is 1. The van der Waals surface area contributed by atoms with E-state index in [9.17, 15) is 37.4 Å². The van der Waals surface area contributed by atoms with Crippen LogP contribution < -0.4 is 11.1 Å². The number of amides is 2. The number of primary amides is 1. The molecule has 0 fully saturated rings. The third-order valence-electron chi connectivity index (χ3n) is 7.43. The van der Waals surface area contributed by atoms with E-state index in [1.807, 2.05) is 0 Å². The number of halogens is 4. The van der Waals surface area contributed by atoms with E-state index in [0.29, 0.717) is 22.2 Å². The molecular formula is C31H33F4N5O4. The van der Waals surface area contributed by atoms with Crippen molar-refractivity contribution in [3.63, 3.8) is 0 Å². The minimum absolute atomic E-state index is 0.0686. The topological polar surface area (TPSA) is 134 Å². The molecule has 9 nitrogen and oxygen atoms in total. The van der Waals surface area contributed by atoms with Crippen molar-refractivity contribution in [2.45, 2.75) is 44.4 Å². The zero-order chi connectivity index (χ0) is 32.6. The van der Waals surface area contributed by atoms with Gasteiger partial charge in [-0.2, -0.15) is 18.3 Å². The first-order valence-electron chi connectivity index (χ1n) is 13.6. The minimum atomic E-state index is -5.08. The number of aromatic hydroxyl groups is 1. The van der Waals surface area contributed by atoms with Crippen LogP contribution in [0.5, 0.6) is 5.75 Å². The van der Waals surface area contributed by atoms with Gasteiger partial charge in [0.2, 0.25) is 5.91 Å². The SMILES string of the molecule is Cc1cc(NCC(O)(CC(C)(C)c2cc(F)ccc2O)C(F)(F)F)c2cnn(-c3cccc(C(=O)N(C)CC(N)=O)c3)c2c1. The Kier molecular flexibility index (Phi) is 8.65. The molecule has 0 aliphatic rings. The fourth-order valence-electron chi connectivity index (χ4n) is 5.30. The summed E-state index contributed by atoms with van der Waals surface area (Å²) >= 11 is 0. The Morgan fingerprint density at radius 3 is 2.45 bits per heavy atom. The molecule has 2 amide bonds. The van der Waals surface area contributed by atoms with E-state index >= 15 is 0 Å². The second-order valence-corrected chi connectivity index (χ2v) is 11.6. The molecule has 1 unspecified atom stereocenters. The lowest BCUT2D eigenvalue weighted by atomic mass is 9.74. The molecule has 3 aromatic carbocycles. The van der Waals surface area contributed by atoms with E-state index in [1.54, 1.807) is 43.3 Å². The maximum atomic E-state index is 14.4. The predicted octanol–water partition coefficient (Wildman–Crippen LogP) is 4.81. The minimum Gasteiger partial charge on any atom is -0.508 e. The number of anilines is 1. The number of hydrogen-bond acceptors (Lipinski definition) is 6. The number of hydrogen-bond donors (Lipinski definition) is 4. The lowest BCUT2D eigenvalue weighted by molar-refractivity contribution is -0.260. The van der Waals surface area contributed by atoms with Gasteiger partial charge in [-0.3, -0.25) is 9.59 Å². The first kappa shape index (κ1) is 32.3. The van der Waals surface area contributed by atoms with Gasteiger partial charge >= 0.3 is 6.18 Å². The molecule has 1 heterocycles. The van der Waals surface area contributed by atoms with Gasteiger partial charge in [-0.15, -0.1) is 0 Å². The monoisotopic (exact) mass is 615 g/mol. The van der Waals surface area contributed by atoms with Crippen molar-refractivity contribution in [1.82, 2.24) is 14.7 Å². The third kappa shape index (κ3) is 6.62. The number of nitrogens with two attached hydrogens (primary N) is 1. The Bertz CT molecular complexity index is 1720. The van der Waals surface area contributed by atoms with Crippen molar-refractivity contribution in [2.24, 2.45) is 5.73 Å². The summed E-state index contributed by atoms with van der Waals surface area (Å²) in [7, 11) is 1.44. The third-order valence-corrected chi connectivity index (χ3v) is 7.43. The first-order chi connectivity index (χ1) is 20.4. The van der Waals surface area contributed by atoms with E-state index in [1.165, 1.54) is 36.7 Å². The lowest BCUT2D eigenvalue weighted by Crippen LogP contribution is -2.53. The van der Waals surface area contributed by atoms with Crippen molar-refractivity contribution in [2.75, 3.05) is 25.5 Å². The van der Waals surface area contributed by atoms with Gasteiger partial charge in [0.05, 0.1) is 30.5 Å². The number of likely N-dealkylation sites (N-methyl/N-ethyl adjacent to an activating group) is 1. The number of phenols is 1. The molecule has 0 aliphatic carbocycles. The summed E-state index contributed by atoms with van der Waals surface area (Å²) in [5.41, 5.74) is 2.60. The molecule has 0 bridgehead atoms. The maximum Gasteiger partial charge on any atom is 0.418 e. The van der Waals surface area contributed by atoms with Gasteiger partial charge in [-0.25, -0.2) is 9.07 Å². The molecule has 5 N–H and O–H groups in total. The number of aryl methyl sites for hydroxylation is 1. The molecule has 0 saturated heterocycles. The Labute approximate surface area is 250 Å². The summed E-state index contributed by atoms with van der Waals surface area (Å²) in [6, 6.07) is 12.8. The largest absolute Gasteiger partial charge is 0.508 e. The van der Waals surface area contributed by atoms with Gasteiger partial charge in [-0.1, -0.05) is 19.9 Å². The number of carbonyl (C=O) groups is 2. The zero-order valence-corrected chi connectivity index (χ0v) is 24.5. The van der Waals surface area contributed by atoms with Crippen molar-refractivity contribution >= 4 is 28.4 Å². The molecule has 44 heavy (non-hydrogen) atoms. The van der Waals surface area contributed by atoms with Crippen molar-refractivity contribution in [1.29, 1.82) is 0 Å². The highest BCUT2D eigenvalue weighted by Gasteiger charge is 2.56. The highest BCUT2D eigenvalue weighted by molar-refractivity contribution is 5.97. The first-order valence-corrected chi connectivity index (χ1v) is 13.6. The average Bonchev–Trinajstić information content (AvgIpc) is 3.35. The normalized spacial score (nSPS) is 13.5. The number of aromatic nitrogens is 2. The molecular weight excluding hydrogens is 582 g/mol. The Balaban J connectivity index is 1.66. The Morgan fingerprint density at radius 1 is 1.09 bits per heavy atom. The molecule has 0 spiro atoms. The van der Waals surface area contributed by atoms with E-state index in [4.69, 9.17) is 5.73 Å². The molecule has 0 radical (unpaired) electrons. The summed E-state index contributed by atoms with van der Waals surface area (Å²) in [6.07, 6.45) is -4.51. The van der Waals surface area contributed by atoms with Crippen LogP contribution in [-0.4, -0.2) is 68.6 Å². The number of fused-ring (bicyclic) bond motifs is 1. The second-order valence-electron chi connectivity index (χ2n) is 11.6. The van der Waals surface area contributed by atoms with Crippen LogP contribution in [-0.2, 0) is 10.2 Å². The van der Waals surface area contributed by atoms with Crippen LogP contribution in [0.3, 0.4) is 0 Å². The molecule has 0 saturated carbocycles. The van der Waals surface area contributed by atoms with Crippen LogP contribution in [0.1, 0.15) is 41.8 Å². The maximum absolute atomic E-state index is 14.4. The molecule has 234 valence electrons. The number of phenolic OH excluding ortho intramolecular Hbond substituents is 1. The number of nitrogens with one attached hydrogen (secondary N) is 1. The lowest BCUT2D eigenvalue weighted by Gasteiger charge is -2.38. The van der Waals surface area contributed by atoms with Gasteiger partial charge in [0.15, 0.2) is 5.60 Å². The number of alkyl halides is 3. The van der Waals surface area contributed by atoms with Crippen LogP contribution >= 0.6 is 0 Å². The van der Waals surface area contributed by atoms with E-state index < -0.39 is 47.8 Å². The van der Waals surface area contributed by atoms with Gasteiger partial charge in [-0.05, 0) is 72.9 Å². The Morgan fingerprint density at radius 2 is 1.80 bits per heavy atom. The van der Waals surface area contributed by atoms with Crippen LogP contribution in [0.2, 0.25) is 0 Å². The average molecular weight is 616 g/mol. The molecule has 0 aliphatic heterocycles. The summed E-state index contributed by atoms with van der Waals surface area (Å²) in [5.74, 6) is -2.22. The summed E-state index contributed by atoms with van der Waals surface area (Å²) < 4.78 is 58.6. The van der Waals surface area contributed by atoms with E-state index in [0.717, 1.165) is 18.2 Å². The fraction of sp³-hybridized carbons (Fsp3) is 0.323. The predicted molar refractivity (Wildman–Crippen MR) is 157 cm³/mol. The Hall–Kier alpha value is -4.65. The van der Waals surface area contributed by atoms with Gasteiger partial charge in [0.25, 0.3) is 5.91 Å². The quantitative estimate of drug-likeness (QED) is 0.189. The van der Waals surface area contributed by atoms with E-state index in [2.05, 4.69) is 10.4 Å². The summed E-state index contributed by atoms with van der Waals surface area (Å²) in [5, 5.41) is 28.9. The van der Waals surface area contributed by atoms with Gasteiger partial charge in [0.1, 0.15) is 11.6 Å². The van der Waals surface area contributed by atoms with Gasteiger partial charge < -0.3 is 26.2 Å². The van der Waals surface area contributed by atoms with E-state index in [-0.39, 0.29) is 29.1 Å². The number of benzene rings is 3. The highest BCUT2D eigenvalue weighted by Crippen LogP contribution is 2.44. The van der Waals surface area contributed by atoms with Crippen LogP contribution in [0.25, 0.3) is 16.6 Å². The smallest absolute Gasteiger partial charge is 0.418 e. The molecule has 1 atom stereocenters. The fourth-order valence-corrected chi connectivity index (χ4v) is 5.30.